The highest BCUT2D eigenvalue weighted by atomic mass is 16.4. The maximum absolute atomic E-state index is 14.8. The molecular weight excluding hydrogens is 1090 g/mol. The molecule has 4 rings (SSSR count). The van der Waals surface area contributed by atoms with E-state index in [1.54, 1.807) is 27.7 Å². The summed E-state index contributed by atoms with van der Waals surface area (Å²) in [5, 5.41) is 56.7. The van der Waals surface area contributed by atoms with Crippen molar-refractivity contribution in [3.8, 4) is 5.75 Å². The van der Waals surface area contributed by atoms with Crippen LogP contribution in [-0.4, -0.2) is 184 Å². The van der Waals surface area contributed by atoms with Gasteiger partial charge in [0, 0.05) is 62.6 Å². The van der Waals surface area contributed by atoms with Crippen molar-refractivity contribution < 1.29 is 73.2 Å². The quantitative estimate of drug-likeness (QED) is 0.0159. The van der Waals surface area contributed by atoms with Gasteiger partial charge in [0.05, 0.1) is 25.1 Å². The molecule has 454 valence electrons. The Morgan fingerprint density at radius 1 is 0.663 bits per heavy atom. The zero-order valence-electron chi connectivity index (χ0n) is 46.5. The Morgan fingerprint density at radius 2 is 1.20 bits per heavy atom. The number of likely N-dealkylation sites (tertiary alicyclic amines) is 1. The molecule has 3 heterocycles. The number of aromatic nitrogens is 4. The first-order valence-electron chi connectivity index (χ1n) is 26.9. The third-order valence-corrected chi connectivity index (χ3v) is 13.2. The smallest absolute Gasteiger partial charge is 0.326 e. The van der Waals surface area contributed by atoms with Gasteiger partial charge in [0.2, 0.25) is 47.3 Å². The molecule has 9 atom stereocenters. The summed E-state index contributed by atoms with van der Waals surface area (Å²) in [6.45, 7) is 6.67. The molecule has 1 saturated heterocycles. The van der Waals surface area contributed by atoms with Crippen LogP contribution in [0.2, 0.25) is 0 Å². The first-order chi connectivity index (χ1) is 39.2. The third kappa shape index (κ3) is 22.0. The minimum absolute atomic E-state index is 0.00430. The van der Waals surface area contributed by atoms with Crippen molar-refractivity contribution in [2.75, 3.05) is 13.1 Å². The van der Waals surface area contributed by atoms with Crippen LogP contribution in [0.15, 0.2) is 54.3 Å². The fourth-order valence-electron chi connectivity index (χ4n) is 8.90. The molecule has 0 radical (unpaired) electrons. The second kappa shape index (κ2) is 32.3. The number of aromatic amines is 2. The van der Waals surface area contributed by atoms with Gasteiger partial charge in [-0.2, -0.15) is 0 Å². The number of aromatic hydroxyl groups is 1. The monoisotopic (exact) mass is 1160 g/mol. The van der Waals surface area contributed by atoms with Gasteiger partial charge in [0.15, 0.2) is 5.96 Å². The van der Waals surface area contributed by atoms with Crippen LogP contribution in [0, 0.1) is 11.8 Å². The van der Waals surface area contributed by atoms with Crippen molar-refractivity contribution in [3.63, 3.8) is 0 Å². The van der Waals surface area contributed by atoms with Crippen LogP contribution < -0.4 is 54.4 Å². The second-order valence-corrected chi connectivity index (χ2v) is 20.8. The van der Waals surface area contributed by atoms with Crippen LogP contribution >= 0.6 is 0 Å². The number of phenols is 1. The molecule has 31 nitrogen and oxygen atoms in total. The average molecular weight is 1170 g/mol. The number of H-pyrrole nitrogens is 2. The Balaban J connectivity index is 1.59. The van der Waals surface area contributed by atoms with Gasteiger partial charge in [-0.05, 0) is 68.1 Å². The number of guanidine groups is 1. The van der Waals surface area contributed by atoms with E-state index in [0.29, 0.717) is 17.0 Å². The highest BCUT2D eigenvalue weighted by Gasteiger charge is 2.41. The summed E-state index contributed by atoms with van der Waals surface area (Å²) in [6.07, 6.45) is 3.26. The summed E-state index contributed by atoms with van der Waals surface area (Å²) in [4.78, 5) is 167. The number of imidazole rings is 2. The number of hydrogen-bond acceptors (Lipinski definition) is 16. The predicted octanol–water partition coefficient (Wildman–Crippen LogP) is -3.24. The number of nitrogens with one attached hydrogen (secondary N) is 9. The summed E-state index contributed by atoms with van der Waals surface area (Å²) in [6, 6.07) is -7.40. The standard InChI is InChI=1S/C52H76N16O15/c1-26(2)17-38(51(82)83)66-44(75)33(7-5-15-58-52(54)55)61-45(76)34(19-29-22-56-24-59-29)63-46(77)36(21-41(72)73)64-48(79)39-8-6-16-68(39)50(81)37(18-28-9-11-31(69)12-10-28)65-49(80)42(27(3)4)67-47(78)35(20-30-23-57-25-60-30)62-43(74)32(53)13-14-40(70)71/h9-12,22-27,32-39,42,69H,5-8,13-21,53H2,1-4H3,(H,56,59)(H,57,60)(H,61,76)(H,62,74)(H,63,77)(H,64,79)(H,65,80)(H,66,75)(H,67,78)(H,70,71)(H,72,73)(H,82,83)(H4,54,55,58)/t32-,33-,34-,35-,36-,37-,38-,39-,42-/m0/s1. The van der Waals surface area contributed by atoms with E-state index in [4.69, 9.17) is 22.3 Å². The van der Waals surface area contributed by atoms with Crippen molar-refractivity contribution in [3.05, 3.63) is 66.3 Å². The van der Waals surface area contributed by atoms with Crippen LogP contribution in [0.1, 0.15) is 96.0 Å². The van der Waals surface area contributed by atoms with Crippen molar-refractivity contribution in [2.24, 2.45) is 34.0 Å². The van der Waals surface area contributed by atoms with Crippen molar-refractivity contribution in [1.82, 2.24) is 62.1 Å². The van der Waals surface area contributed by atoms with E-state index in [0.717, 1.165) is 4.90 Å². The Labute approximate surface area is 476 Å². The fourth-order valence-corrected chi connectivity index (χ4v) is 8.90. The van der Waals surface area contributed by atoms with Gasteiger partial charge in [0.25, 0.3) is 0 Å². The van der Waals surface area contributed by atoms with E-state index in [-0.39, 0.29) is 88.5 Å². The fraction of sp³-hybridized carbons (Fsp3) is 0.538. The lowest BCUT2D eigenvalue weighted by Gasteiger charge is -2.31. The van der Waals surface area contributed by atoms with E-state index in [9.17, 15) is 68.1 Å². The molecule has 3 aromatic rings. The number of nitrogens with zero attached hydrogens (tertiary/aromatic N) is 4. The highest BCUT2D eigenvalue weighted by molar-refractivity contribution is 5.99. The van der Waals surface area contributed by atoms with Gasteiger partial charge >= 0.3 is 17.9 Å². The largest absolute Gasteiger partial charge is 0.508 e. The molecule has 31 heteroatoms. The molecule has 1 aromatic carbocycles. The molecule has 1 aliphatic rings. The molecule has 83 heavy (non-hydrogen) atoms. The summed E-state index contributed by atoms with van der Waals surface area (Å²) in [7, 11) is 0. The van der Waals surface area contributed by atoms with Crippen LogP contribution in [-0.2, 0) is 72.0 Å². The number of nitrogens with two attached hydrogens (primary N) is 3. The van der Waals surface area contributed by atoms with Crippen LogP contribution in [0.3, 0.4) is 0 Å². The van der Waals surface area contributed by atoms with Gasteiger partial charge in [-0.15, -0.1) is 0 Å². The van der Waals surface area contributed by atoms with Crippen molar-refractivity contribution in [2.45, 2.75) is 153 Å². The predicted molar refractivity (Wildman–Crippen MR) is 294 cm³/mol. The molecule has 0 saturated carbocycles. The Hall–Kier alpha value is -9.16. The molecule has 1 fully saturated rings. The SMILES string of the molecule is CC(C)C[C@H](NC(=O)[C@H](CCCN=C(N)N)NC(=O)[C@H](Cc1cnc[nH]1)NC(=O)[C@H](CC(=O)O)NC(=O)[C@@H]1CCCN1C(=O)[C@H](Cc1ccc(O)cc1)NC(=O)[C@@H](NC(=O)[C@H](Cc1cnc[nH]1)NC(=O)[C@@H](N)CCC(=O)O)C(C)C)C(=O)O. The normalized spacial score (nSPS) is 15.9. The molecule has 0 bridgehead atoms. The number of carbonyl (C=O) groups excluding carboxylic acids is 8. The molecule has 19 N–H and O–H groups in total. The maximum atomic E-state index is 14.8. The molecule has 0 unspecified atom stereocenters. The average Bonchev–Trinajstić information content (AvgIpc) is 4.46. The number of aliphatic carboxylic acids is 3. The Bertz CT molecular complexity index is 2740. The van der Waals surface area contributed by atoms with Gasteiger partial charge in [0.1, 0.15) is 54.1 Å². The maximum Gasteiger partial charge on any atom is 0.326 e. The Morgan fingerprint density at radius 3 is 1.73 bits per heavy atom. The van der Waals surface area contributed by atoms with E-state index >= 15 is 0 Å². The lowest BCUT2D eigenvalue weighted by Crippen LogP contribution is -2.61. The number of amides is 8. The highest BCUT2D eigenvalue weighted by Crippen LogP contribution is 2.22. The lowest BCUT2D eigenvalue weighted by atomic mass is 9.99. The summed E-state index contributed by atoms with van der Waals surface area (Å²) in [5.74, 6) is -12.6. The number of carboxylic acids is 3. The zero-order chi connectivity index (χ0) is 61.5. The minimum Gasteiger partial charge on any atom is -0.508 e. The van der Waals surface area contributed by atoms with Gasteiger partial charge in [-0.25, -0.2) is 14.8 Å². The lowest BCUT2D eigenvalue weighted by molar-refractivity contribution is -0.144. The number of rotatable bonds is 34. The van der Waals surface area contributed by atoms with Crippen LogP contribution in [0.5, 0.6) is 5.75 Å². The van der Waals surface area contributed by atoms with E-state index < -0.39 is 138 Å². The van der Waals surface area contributed by atoms with Crippen molar-refractivity contribution in [1.29, 1.82) is 0 Å². The topological polar surface area (TPSA) is 504 Å². The van der Waals surface area contributed by atoms with Gasteiger partial charge in [-0.1, -0.05) is 39.8 Å². The Kier molecular flexibility index (Phi) is 25.8. The van der Waals surface area contributed by atoms with Gasteiger partial charge < -0.3 is 89.7 Å². The van der Waals surface area contributed by atoms with Crippen molar-refractivity contribution >= 4 is 71.1 Å². The van der Waals surface area contributed by atoms with Crippen LogP contribution in [0.4, 0.5) is 0 Å². The first kappa shape index (κ1) is 66.4. The molecule has 0 spiro atoms. The van der Waals surface area contributed by atoms with E-state index in [2.05, 4.69) is 62.1 Å². The number of carboxylic acid groups (broad SMARTS) is 3. The number of carbonyl (C=O) groups is 11. The molecule has 1 aliphatic heterocycles. The summed E-state index contributed by atoms with van der Waals surface area (Å²) >= 11 is 0. The zero-order valence-corrected chi connectivity index (χ0v) is 46.5. The third-order valence-electron chi connectivity index (χ3n) is 13.2. The number of benzene rings is 1. The molecular formula is C52H76N16O15. The second-order valence-electron chi connectivity index (χ2n) is 20.8. The number of hydrogen-bond donors (Lipinski definition) is 16. The number of phenolic OH excluding ortho intramolecular Hbond substituents is 1. The molecule has 0 aliphatic carbocycles. The van der Waals surface area contributed by atoms with E-state index in [1.807, 2.05) is 0 Å². The van der Waals surface area contributed by atoms with Crippen LogP contribution in [0.25, 0.3) is 0 Å². The summed E-state index contributed by atoms with van der Waals surface area (Å²) < 4.78 is 0. The summed E-state index contributed by atoms with van der Waals surface area (Å²) in [5.41, 5.74) is 18.0. The van der Waals surface area contributed by atoms with E-state index in [1.165, 1.54) is 49.3 Å². The van der Waals surface area contributed by atoms with Gasteiger partial charge in [-0.3, -0.25) is 52.9 Å². The minimum atomic E-state index is -1.88. The first-order valence-corrected chi connectivity index (χ1v) is 26.9. The number of aliphatic imine (C=N–C) groups is 1. The molecule has 2 aromatic heterocycles. The molecule has 8 amide bonds.